The van der Waals surface area contributed by atoms with Gasteiger partial charge in [0.2, 0.25) is 6.10 Å². The van der Waals surface area contributed by atoms with E-state index in [0.29, 0.717) is 11.1 Å². The number of carbonyl (C=O) groups excluding carboxylic acids is 5. The number of ether oxygens (including phenoxy) is 4. The van der Waals surface area contributed by atoms with Gasteiger partial charge in [-0.05, 0) is 44.1 Å². The van der Waals surface area contributed by atoms with Gasteiger partial charge < -0.3 is 34.3 Å². The molecule has 0 aromatic rings. The molecule has 0 bridgehead atoms. The summed E-state index contributed by atoms with van der Waals surface area (Å²) in [4.78, 5) is 65.8. The van der Waals surface area contributed by atoms with Gasteiger partial charge >= 0.3 is 17.9 Å². The maximum atomic E-state index is 13.7. The van der Waals surface area contributed by atoms with E-state index in [-0.39, 0.29) is 31.0 Å². The largest absolute Gasteiger partial charge is 0.482 e. The number of rotatable bonds is 6. The first-order valence-electron chi connectivity index (χ1n) is 14.8. The number of esters is 3. The third kappa shape index (κ3) is 4.89. The van der Waals surface area contributed by atoms with Crippen LogP contribution in [-0.2, 0) is 42.9 Å². The molecule has 1 unspecified atom stereocenters. The molecule has 12 heteroatoms. The number of hydrogen-bond acceptors (Lipinski definition) is 12. The smallest absolute Gasteiger partial charge is 0.348 e. The first-order chi connectivity index (χ1) is 20.2. The fourth-order valence-electron chi connectivity index (χ4n) is 8.37. The van der Waals surface area contributed by atoms with Crippen LogP contribution in [0.15, 0.2) is 23.0 Å². The van der Waals surface area contributed by atoms with Gasteiger partial charge in [0.25, 0.3) is 0 Å². The number of carbonyl (C=O) groups is 5. The minimum absolute atomic E-state index is 0.0257. The van der Waals surface area contributed by atoms with Gasteiger partial charge in [0.1, 0.15) is 18.8 Å². The number of methoxy groups -OCH3 is 1. The average molecular weight is 621 g/mol. The SMILES string of the molecule is COC(=O)[C@@]1(O)[C@@H](O)[C@H](O)C2[C@@]3(C)[C@@H](C[C@H]4C(C)=C(OCC(=O)C(C)(C)C)C(=O)C[C@]24C)OC(=O)[C@H](OC(=O)C=C(C)C)[C@@H]13. The lowest BCUT2D eigenvalue weighted by atomic mass is 9.37. The Balaban J connectivity index is 1.88. The summed E-state index contributed by atoms with van der Waals surface area (Å²) in [6.45, 7) is 13.2. The Bertz CT molecular complexity index is 1330. The van der Waals surface area contributed by atoms with E-state index >= 15 is 0 Å². The molecule has 3 aliphatic carbocycles. The molecule has 10 atom stereocenters. The summed E-state index contributed by atoms with van der Waals surface area (Å²) in [5.74, 6) is -7.11. The monoisotopic (exact) mass is 620 g/mol. The lowest BCUT2D eigenvalue weighted by Gasteiger charge is -2.69. The zero-order chi connectivity index (χ0) is 33.3. The Morgan fingerprint density at radius 3 is 2.25 bits per heavy atom. The van der Waals surface area contributed by atoms with Crippen LogP contribution in [0, 0.1) is 34.0 Å². The molecule has 12 nitrogen and oxygen atoms in total. The molecular weight excluding hydrogens is 576 g/mol. The summed E-state index contributed by atoms with van der Waals surface area (Å²) in [6, 6.07) is 0. The van der Waals surface area contributed by atoms with Crippen LogP contribution in [-0.4, -0.2) is 88.5 Å². The minimum Gasteiger partial charge on any atom is -0.482 e. The van der Waals surface area contributed by atoms with Crippen molar-refractivity contribution in [2.24, 2.45) is 34.0 Å². The Morgan fingerprint density at radius 2 is 1.70 bits per heavy atom. The van der Waals surface area contributed by atoms with Crippen molar-refractivity contribution >= 4 is 29.5 Å². The van der Waals surface area contributed by atoms with Crippen LogP contribution in [0.5, 0.6) is 0 Å². The van der Waals surface area contributed by atoms with E-state index in [4.69, 9.17) is 18.9 Å². The van der Waals surface area contributed by atoms with Crippen LogP contribution < -0.4 is 0 Å². The van der Waals surface area contributed by atoms with Gasteiger partial charge in [0.05, 0.1) is 19.1 Å². The lowest BCUT2D eigenvalue weighted by Crippen LogP contribution is -2.81. The highest BCUT2D eigenvalue weighted by molar-refractivity contribution is 5.97. The van der Waals surface area contributed by atoms with Crippen LogP contribution >= 0.6 is 0 Å². The Labute approximate surface area is 256 Å². The molecule has 4 rings (SSSR count). The van der Waals surface area contributed by atoms with Gasteiger partial charge in [-0.1, -0.05) is 40.2 Å². The highest BCUT2D eigenvalue weighted by Gasteiger charge is 2.79. The number of hydrogen-bond donors (Lipinski definition) is 3. The van der Waals surface area contributed by atoms with Crippen molar-refractivity contribution in [1.82, 2.24) is 0 Å². The van der Waals surface area contributed by atoms with Gasteiger partial charge in [-0.2, -0.15) is 0 Å². The predicted molar refractivity (Wildman–Crippen MR) is 152 cm³/mol. The molecule has 1 aliphatic heterocycles. The fraction of sp³-hybridized carbons (Fsp3) is 0.719. The van der Waals surface area contributed by atoms with E-state index in [1.807, 2.05) is 0 Å². The van der Waals surface area contributed by atoms with E-state index in [9.17, 15) is 39.3 Å². The fourth-order valence-corrected chi connectivity index (χ4v) is 8.37. The molecule has 4 aliphatic rings. The molecule has 1 heterocycles. The van der Waals surface area contributed by atoms with Gasteiger partial charge in [0, 0.05) is 29.2 Å². The zero-order valence-corrected chi connectivity index (χ0v) is 26.8. The maximum Gasteiger partial charge on any atom is 0.348 e. The predicted octanol–water partition coefficient (Wildman–Crippen LogP) is 1.57. The van der Waals surface area contributed by atoms with Crippen LogP contribution in [0.4, 0.5) is 0 Å². The van der Waals surface area contributed by atoms with E-state index < -0.39 is 87.7 Å². The van der Waals surface area contributed by atoms with Crippen LogP contribution in [0.25, 0.3) is 0 Å². The number of Topliss-reactive ketones (excluding diaryl/α,β-unsaturated/α-hetero) is 2. The summed E-state index contributed by atoms with van der Waals surface area (Å²) < 4.78 is 22.1. The molecule has 0 radical (unpaired) electrons. The molecule has 44 heavy (non-hydrogen) atoms. The topological polar surface area (TPSA) is 183 Å². The molecule has 0 spiro atoms. The number of ketones is 2. The van der Waals surface area contributed by atoms with E-state index in [1.165, 1.54) is 0 Å². The third-order valence-corrected chi connectivity index (χ3v) is 10.4. The molecular formula is C32H44O12. The van der Waals surface area contributed by atoms with Crippen LogP contribution in [0.2, 0.25) is 0 Å². The molecule has 1 saturated heterocycles. The van der Waals surface area contributed by atoms with Crippen molar-refractivity contribution in [3.63, 3.8) is 0 Å². The maximum absolute atomic E-state index is 13.7. The molecule has 0 aromatic heterocycles. The van der Waals surface area contributed by atoms with E-state index in [2.05, 4.69) is 0 Å². The normalized spacial score (nSPS) is 39.8. The van der Waals surface area contributed by atoms with Gasteiger partial charge in [0.15, 0.2) is 22.9 Å². The highest BCUT2D eigenvalue weighted by Crippen LogP contribution is 2.69. The van der Waals surface area contributed by atoms with Crippen molar-refractivity contribution in [1.29, 1.82) is 0 Å². The summed E-state index contributed by atoms with van der Waals surface area (Å²) in [7, 11) is 0.981. The first kappa shape index (κ1) is 33.8. The molecule has 2 saturated carbocycles. The molecule has 3 fully saturated rings. The van der Waals surface area contributed by atoms with Gasteiger partial charge in [-0.25, -0.2) is 14.4 Å². The number of aliphatic hydroxyl groups is 3. The standard InChI is InChI=1S/C32H44O12/c1-14(2)10-20(35)44-23-25-31(8)19(43-27(23)38)11-16-15(3)22(42-13-18(34)29(4,5)6)17(33)12-30(16,7)24(31)21(36)26(37)32(25,40)28(39)41-9/h10,16,19,21,23-26,36-37,40H,11-13H2,1-9H3/t16-,19+,21+,23+,24?,25+,26-,30-,31+,32-/m0/s1. The Kier molecular flexibility index (Phi) is 8.50. The van der Waals surface area contributed by atoms with Crippen molar-refractivity contribution in [2.45, 2.75) is 98.2 Å². The van der Waals surface area contributed by atoms with E-state index in [0.717, 1.165) is 13.2 Å². The van der Waals surface area contributed by atoms with Crippen molar-refractivity contribution in [3.8, 4) is 0 Å². The van der Waals surface area contributed by atoms with Crippen LogP contribution in [0.3, 0.4) is 0 Å². The van der Waals surface area contributed by atoms with Gasteiger partial charge in [-0.15, -0.1) is 0 Å². The quantitative estimate of drug-likeness (QED) is 0.222. The summed E-state index contributed by atoms with van der Waals surface area (Å²) in [6.07, 6.45) is -5.85. The Morgan fingerprint density at radius 1 is 1.09 bits per heavy atom. The van der Waals surface area contributed by atoms with E-state index in [1.54, 1.807) is 55.4 Å². The number of allylic oxidation sites excluding steroid dienone is 3. The minimum atomic E-state index is -2.89. The average Bonchev–Trinajstić information content (AvgIpc) is 2.89. The molecule has 0 amide bonds. The lowest BCUT2D eigenvalue weighted by molar-refractivity contribution is -0.329. The zero-order valence-electron chi connectivity index (χ0n) is 26.8. The Hall–Kier alpha value is -3.09. The third-order valence-electron chi connectivity index (χ3n) is 10.4. The number of fused-ring (bicyclic) bond motifs is 2. The highest BCUT2D eigenvalue weighted by atomic mass is 16.6. The van der Waals surface area contributed by atoms with Crippen molar-refractivity contribution in [2.75, 3.05) is 13.7 Å². The summed E-state index contributed by atoms with van der Waals surface area (Å²) in [5.41, 5.74) is -5.14. The second-order valence-electron chi connectivity index (χ2n) is 14.4. The van der Waals surface area contributed by atoms with Gasteiger partial charge in [-0.3, -0.25) is 9.59 Å². The van der Waals surface area contributed by atoms with Crippen molar-refractivity contribution in [3.05, 3.63) is 23.0 Å². The van der Waals surface area contributed by atoms with Crippen molar-refractivity contribution < 1.29 is 58.2 Å². The summed E-state index contributed by atoms with van der Waals surface area (Å²) >= 11 is 0. The second kappa shape index (κ2) is 11.1. The number of aliphatic hydroxyl groups excluding tert-OH is 2. The molecule has 3 N–H and O–H groups in total. The second-order valence-corrected chi connectivity index (χ2v) is 14.4. The summed E-state index contributed by atoms with van der Waals surface area (Å²) in [5, 5.41) is 35.2. The molecule has 0 aromatic carbocycles. The van der Waals surface area contributed by atoms with Crippen LogP contribution in [0.1, 0.15) is 68.2 Å². The molecule has 244 valence electrons. The first-order valence-corrected chi connectivity index (χ1v) is 14.8.